The largest absolute Gasteiger partial charge is 0.357 e. The second-order valence-electron chi connectivity index (χ2n) is 2.41. The van der Waals surface area contributed by atoms with Crippen molar-refractivity contribution in [1.29, 1.82) is 0 Å². The third-order valence-electron chi connectivity index (χ3n) is 1.47. The zero-order chi connectivity index (χ0) is 8.10. The molecule has 1 rings (SSSR count). The van der Waals surface area contributed by atoms with Crippen LogP contribution in [0.25, 0.3) is 0 Å². The summed E-state index contributed by atoms with van der Waals surface area (Å²) in [5.41, 5.74) is 1.20. The van der Waals surface area contributed by atoms with Gasteiger partial charge >= 0.3 is 0 Å². The van der Waals surface area contributed by atoms with Crippen LogP contribution in [0.2, 0.25) is 0 Å². The SMILES string of the molecule is CCCc1cnc(NC)nc1. The van der Waals surface area contributed by atoms with Crippen molar-refractivity contribution in [2.75, 3.05) is 12.4 Å². The average Bonchev–Trinajstić information content (AvgIpc) is 2.07. The van der Waals surface area contributed by atoms with Crippen LogP contribution < -0.4 is 5.32 Å². The summed E-state index contributed by atoms with van der Waals surface area (Å²) < 4.78 is 0. The number of hydrogen-bond acceptors (Lipinski definition) is 3. The van der Waals surface area contributed by atoms with Gasteiger partial charge in [0.15, 0.2) is 0 Å². The fraction of sp³-hybridized carbons (Fsp3) is 0.500. The molecule has 0 saturated heterocycles. The quantitative estimate of drug-likeness (QED) is 0.710. The minimum Gasteiger partial charge on any atom is -0.357 e. The van der Waals surface area contributed by atoms with Crippen molar-refractivity contribution in [1.82, 2.24) is 9.97 Å². The molecule has 11 heavy (non-hydrogen) atoms. The topological polar surface area (TPSA) is 37.8 Å². The monoisotopic (exact) mass is 151 g/mol. The smallest absolute Gasteiger partial charge is 0.222 e. The van der Waals surface area contributed by atoms with Crippen molar-refractivity contribution >= 4 is 5.95 Å². The minimum absolute atomic E-state index is 0.685. The number of aromatic nitrogens is 2. The Balaban J connectivity index is 2.66. The Morgan fingerprint density at radius 2 is 2.00 bits per heavy atom. The van der Waals surface area contributed by atoms with Crippen molar-refractivity contribution in [3.63, 3.8) is 0 Å². The first-order valence-corrected chi connectivity index (χ1v) is 3.85. The second-order valence-corrected chi connectivity index (χ2v) is 2.41. The maximum atomic E-state index is 4.09. The van der Waals surface area contributed by atoms with Crippen LogP contribution >= 0.6 is 0 Å². The highest BCUT2D eigenvalue weighted by atomic mass is 15.1. The number of rotatable bonds is 3. The van der Waals surface area contributed by atoms with Gasteiger partial charge in [-0.1, -0.05) is 13.3 Å². The first kappa shape index (κ1) is 7.98. The number of hydrogen-bond donors (Lipinski definition) is 1. The van der Waals surface area contributed by atoms with E-state index in [4.69, 9.17) is 0 Å². The molecule has 0 aromatic carbocycles. The Bertz CT molecular complexity index is 205. The number of nitrogens with one attached hydrogen (secondary N) is 1. The van der Waals surface area contributed by atoms with Crippen LogP contribution in [0.3, 0.4) is 0 Å². The van der Waals surface area contributed by atoms with Crippen molar-refractivity contribution in [2.24, 2.45) is 0 Å². The lowest BCUT2D eigenvalue weighted by atomic mass is 10.2. The van der Waals surface area contributed by atoms with Crippen LogP contribution in [0, 0.1) is 0 Å². The molecule has 0 unspecified atom stereocenters. The number of aryl methyl sites for hydroxylation is 1. The predicted molar refractivity (Wildman–Crippen MR) is 45.6 cm³/mol. The summed E-state index contributed by atoms with van der Waals surface area (Å²) in [5, 5.41) is 2.87. The molecule has 0 radical (unpaired) electrons. The molecule has 0 bridgehead atoms. The van der Waals surface area contributed by atoms with Crippen molar-refractivity contribution < 1.29 is 0 Å². The summed E-state index contributed by atoms with van der Waals surface area (Å²) in [6, 6.07) is 0. The lowest BCUT2D eigenvalue weighted by Gasteiger charge is -1.98. The lowest BCUT2D eigenvalue weighted by molar-refractivity contribution is 0.901. The Labute approximate surface area is 66.9 Å². The molecule has 0 fully saturated rings. The number of anilines is 1. The van der Waals surface area contributed by atoms with E-state index in [1.807, 2.05) is 19.4 Å². The van der Waals surface area contributed by atoms with Gasteiger partial charge in [0.2, 0.25) is 5.95 Å². The van der Waals surface area contributed by atoms with E-state index in [1.54, 1.807) is 0 Å². The van der Waals surface area contributed by atoms with Gasteiger partial charge in [0.25, 0.3) is 0 Å². The summed E-state index contributed by atoms with van der Waals surface area (Å²) in [5.74, 6) is 0.685. The van der Waals surface area contributed by atoms with E-state index in [0.717, 1.165) is 12.8 Å². The maximum Gasteiger partial charge on any atom is 0.222 e. The molecule has 0 amide bonds. The second kappa shape index (κ2) is 3.91. The Kier molecular flexibility index (Phi) is 2.83. The Hall–Kier alpha value is -1.12. The van der Waals surface area contributed by atoms with E-state index in [0.29, 0.717) is 5.95 Å². The molecule has 60 valence electrons. The fourth-order valence-corrected chi connectivity index (χ4v) is 0.902. The molecule has 0 aliphatic rings. The van der Waals surface area contributed by atoms with Gasteiger partial charge in [-0.2, -0.15) is 0 Å². The summed E-state index contributed by atoms with van der Waals surface area (Å²) >= 11 is 0. The van der Waals surface area contributed by atoms with Gasteiger partial charge in [0.1, 0.15) is 0 Å². The molecule has 0 aliphatic carbocycles. The molecule has 1 aromatic heterocycles. The van der Waals surface area contributed by atoms with Gasteiger partial charge in [-0.3, -0.25) is 0 Å². The van der Waals surface area contributed by atoms with Gasteiger partial charge in [0.05, 0.1) is 0 Å². The van der Waals surface area contributed by atoms with Crippen LogP contribution in [0.5, 0.6) is 0 Å². The summed E-state index contributed by atoms with van der Waals surface area (Å²) in [6.07, 6.45) is 5.93. The normalized spacial score (nSPS) is 9.64. The highest BCUT2D eigenvalue weighted by Gasteiger charge is 1.92. The van der Waals surface area contributed by atoms with Crippen molar-refractivity contribution in [3.05, 3.63) is 18.0 Å². The van der Waals surface area contributed by atoms with E-state index in [2.05, 4.69) is 22.2 Å². The van der Waals surface area contributed by atoms with E-state index in [-0.39, 0.29) is 0 Å². The minimum atomic E-state index is 0.685. The molecular weight excluding hydrogens is 138 g/mol. The number of nitrogens with zero attached hydrogens (tertiary/aromatic N) is 2. The van der Waals surface area contributed by atoms with Crippen molar-refractivity contribution in [3.8, 4) is 0 Å². The molecule has 3 nitrogen and oxygen atoms in total. The van der Waals surface area contributed by atoms with Crippen LogP contribution in [-0.2, 0) is 6.42 Å². The zero-order valence-corrected chi connectivity index (χ0v) is 6.96. The van der Waals surface area contributed by atoms with E-state index >= 15 is 0 Å². The van der Waals surface area contributed by atoms with E-state index in [9.17, 15) is 0 Å². The summed E-state index contributed by atoms with van der Waals surface area (Å²) in [4.78, 5) is 8.19. The molecule has 0 saturated carbocycles. The Morgan fingerprint density at radius 3 is 2.45 bits per heavy atom. The fourth-order valence-electron chi connectivity index (χ4n) is 0.902. The molecule has 1 heterocycles. The molecule has 0 spiro atoms. The molecular formula is C8H13N3. The first-order valence-electron chi connectivity index (χ1n) is 3.85. The van der Waals surface area contributed by atoms with Gasteiger partial charge < -0.3 is 5.32 Å². The molecule has 0 atom stereocenters. The lowest BCUT2D eigenvalue weighted by Crippen LogP contribution is -1.96. The maximum absolute atomic E-state index is 4.09. The molecule has 1 aromatic rings. The Morgan fingerprint density at radius 1 is 1.36 bits per heavy atom. The van der Waals surface area contributed by atoms with E-state index < -0.39 is 0 Å². The third kappa shape index (κ3) is 2.18. The highest BCUT2D eigenvalue weighted by molar-refractivity contribution is 5.23. The van der Waals surface area contributed by atoms with Gasteiger partial charge in [-0.05, 0) is 12.0 Å². The van der Waals surface area contributed by atoms with Gasteiger partial charge in [-0.25, -0.2) is 9.97 Å². The summed E-state index contributed by atoms with van der Waals surface area (Å²) in [7, 11) is 1.81. The van der Waals surface area contributed by atoms with Crippen LogP contribution in [0.15, 0.2) is 12.4 Å². The van der Waals surface area contributed by atoms with Crippen LogP contribution in [-0.4, -0.2) is 17.0 Å². The van der Waals surface area contributed by atoms with Gasteiger partial charge in [0, 0.05) is 19.4 Å². The predicted octanol–water partition coefficient (Wildman–Crippen LogP) is 1.47. The highest BCUT2D eigenvalue weighted by Crippen LogP contribution is 2.01. The van der Waals surface area contributed by atoms with Crippen LogP contribution in [0.1, 0.15) is 18.9 Å². The first-order chi connectivity index (χ1) is 5.36. The van der Waals surface area contributed by atoms with Gasteiger partial charge in [-0.15, -0.1) is 0 Å². The third-order valence-corrected chi connectivity index (χ3v) is 1.47. The molecule has 3 heteroatoms. The average molecular weight is 151 g/mol. The zero-order valence-electron chi connectivity index (χ0n) is 6.96. The standard InChI is InChI=1S/C8H13N3/c1-3-4-7-5-10-8(9-2)11-6-7/h5-6H,3-4H2,1-2H3,(H,9,10,11). The summed E-state index contributed by atoms with van der Waals surface area (Å²) in [6.45, 7) is 2.14. The molecule has 1 N–H and O–H groups in total. The molecule has 0 aliphatic heterocycles. The van der Waals surface area contributed by atoms with E-state index in [1.165, 1.54) is 5.56 Å². The van der Waals surface area contributed by atoms with Crippen molar-refractivity contribution in [2.45, 2.75) is 19.8 Å². The van der Waals surface area contributed by atoms with Crippen LogP contribution in [0.4, 0.5) is 5.95 Å².